The average molecular weight is 307 g/mol. The van der Waals surface area contributed by atoms with E-state index in [-0.39, 0.29) is 17.9 Å². The molecule has 3 atom stereocenters. The molecule has 2 rings (SSSR count). The van der Waals surface area contributed by atoms with Gasteiger partial charge in [0.2, 0.25) is 0 Å². The molecule has 0 radical (unpaired) electrons. The van der Waals surface area contributed by atoms with E-state index in [2.05, 4.69) is 15.2 Å². The van der Waals surface area contributed by atoms with E-state index in [1.54, 1.807) is 12.3 Å². The van der Waals surface area contributed by atoms with Crippen LogP contribution in [0.4, 0.5) is 5.69 Å². The molecular formula is C15H21N3O4. The predicted octanol–water partition coefficient (Wildman–Crippen LogP) is 0.898. The van der Waals surface area contributed by atoms with Crippen molar-refractivity contribution in [3.8, 4) is 0 Å². The van der Waals surface area contributed by atoms with Gasteiger partial charge in [-0.2, -0.15) is 0 Å². The maximum Gasteiger partial charge on any atom is 0.325 e. The van der Waals surface area contributed by atoms with Crippen LogP contribution in [0, 0.1) is 0 Å². The number of morpholine rings is 1. The molecule has 2 N–H and O–H groups in total. The van der Waals surface area contributed by atoms with Gasteiger partial charge in [0.15, 0.2) is 0 Å². The second kappa shape index (κ2) is 6.74. The molecule has 1 fully saturated rings. The lowest BCUT2D eigenvalue weighted by Gasteiger charge is -2.36. The van der Waals surface area contributed by atoms with Crippen molar-refractivity contribution < 1.29 is 19.4 Å². The van der Waals surface area contributed by atoms with Crippen LogP contribution < -0.4 is 10.2 Å². The van der Waals surface area contributed by atoms with Crippen molar-refractivity contribution in [1.82, 2.24) is 10.3 Å². The minimum Gasteiger partial charge on any atom is -0.480 e. The lowest BCUT2D eigenvalue weighted by molar-refractivity contribution is -0.138. The van der Waals surface area contributed by atoms with E-state index in [0.717, 1.165) is 18.8 Å². The highest BCUT2D eigenvalue weighted by atomic mass is 16.5. The van der Waals surface area contributed by atoms with Crippen molar-refractivity contribution in [2.24, 2.45) is 0 Å². The molecule has 1 aliphatic rings. The molecule has 1 amide bonds. The summed E-state index contributed by atoms with van der Waals surface area (Å²) < 4.78 is 5.69. The molecule has 0 saturated carbocycles. The Morgan fingerprint density at radius 1 is 1.41 bits per heavy atom. The zero-order valence-electron chi connectivity index (χ0n) is 12.9. The fraction of sp³-hybridized carbons (Fsp3) is 0.533. The Bertz CT molecular complexity index is 553. The summed E-state index contributed by atoms with van der Waals surface area (Å²) in [6.45, 7) is 6.90. The Morgan fingerprint density at radius 2 is 2.05 bits per heavy atom. The fourth-order valence-electron chi connectivity index (χ4n) is 2.46. The van der Waals surface area contributed by atoms with Crippen LogP contribution in [-0.4, -0.2) is 53.3 Å². The van der Waals surface area contributed by atoms with E-state index in [1.807, 2.05) is 19.9 Å². The number of hydrogen-bond acceptors (Lipinski definition) is 5. The molecule has 7 heteroatoms. The molecular weight excluding hydrogens is 286 g/mol. The summed E-state index contributed by atoms with van der Waals surface area (Å²) in [6.07, 6.45) is 1.78. The number of amides is 1. The van der Waals surface area contributed by atoms with Gasteiger partial charge in [-0.3, -0.25) is 14.6 Å². The number of anilines is 1. The molecule has 2 unspecified atom stereocenters. The molecule has 0 bridgehead atoms. The summed E-state index contributed by atoms with van der Waals surface area (Å²) in [6, 6.07) is 2.55. The number of nitrogens with one attached hydrogen (secondary N) is 1. The first-order chi connectivity index (χ1) is 10.4. The van der Waals surface area contributed by atoms with Crippen molar-refractivity contribution in [3.05, 3.63) is 24.0 Å². The number of pyridine rings is 1. The van der Waals surface area contributed by atoms with Crippen molar-refractivity contribution >= 4 is 17.6 Å². The van der Waals surface area contributed by atoms with Gasteiger partial charge in [0.1, 0.15) is 11.7 Å². The number of aromatic nitrogens is 1. The predicted molar refractivity (Wildman–Crippen MR) is 81.0 cm³/mol. The fourth-order valence-corrected chi connectivity index (χ4v) is 2.46. The number of carboxylic acids is 1. The molecule has 2 heterocycles. The highest BCUT2D eigenvalue weighted by molar-refractivity contribution is 5.95. The van der Waals surface area contributed by atoms with Gasteiger partial charge in [-0.25, -0.2) is 0 Å². The Labute approximate surface area is 129 Å². The molecule has 1 aromatic heterocycles. The van der Waals surface area contributed by atoms with Gasteiger partial charge in [-0.05, 0) is 32.9 Å². The van der Waals surface area contributed by atoms with Gasteiger partial charge in [0.05, 0.1) is 12.2 Å². The van der Waals surface area contributed by atoms with E-state index in [4.69, 9.17) is 9.84 Å². The van der Waals surface area contributed by atoms with E-state index < -0.39 is 17.9 Å². The van der Waals surface area contributed by atoms with Crippen molar-refractivity contribution in [1.29, 1.82) is 0 Å². The molecule has 120 valence electrons. The Hall–Kier alpha value is -2.15. The number of hydrogen-bond donors (Lipinski definition) is 2. The van der Waals surface area contributed by atoms with Gasteiger partial charge in [-0.1, -0.05) is 0 Å². The quantitative estimate of drug-likeness (QED) is 0.858. The zero-order chi connectivity index (χ0) is 16.3. The van der Waals surface area contributed by atoms with Crippen molar-refractivity contribution in [2.45, 2.75) is 39.0 Å². The summed E-state index contributed by atoms with van der Waals surface area (Å²) in [7, 11) is 0. The van der Waals surface area contributed by atoms with Crippen LogP contribution in [0.25, 0.3) is 0 Å². The summed E-state index contributed by atoms with van der Waals surface area (Å²) in [5.41, 5.74) is 1.09. The standard InChI is InChI=1S/C15H21N3O4/c1-9-7-18(8-10(2)22-9)12-4-5-16-13(6-12)14(19)17-11(3)15(20)21/h4-6,9-11H,7-8H2,1-3H3,(H,17,19)(H,20,21)/t9?,10?,11-/m1/s1. The molecule has 1 aromatic rings. The van der Waals surface area contributed by atoms with Gasteiger partial charge < -0.3 is 20.1 Å². The number of carboxylic acid groups (broad SMARTS) is 1. The molecule has 0 aliphatic carbocycles. The van der Waals surface area contributed by atoms with Crippen molar-refractivity contribution in [3.63, 3.8) is 0 Å². The topological polar surface area (TPSA) is 91.8 Å². The largest absolute Gasteiger partial charge is 0.480 e. The molecule has 1 aliphatic heterocycles. The third-order valence-electron chi connectivity index (χ3n) is 3.48. The summed E-state index contributed by atoms with van der Waals surface area (Å²) in [4.78, 5) is 29.0. The third kappa shape index (κ3) is 3.94. The Balaban J connectivity index is 2.12. The van der Waals surface area contributed by atoms with Crippen molar-refractivity contribution in [2.75, 3.05) is 18.0 Å². The molecule has 7 nitrogen and oxygen atoms in total. The normalized spacial score (nSPS) is 23.0. The second-order valence-electron chi connectivity index (χ2n) is 5.59. The highest BCUT2D eigenvalue weighted by Crippen LogP contribution is 2.20. The maximum atomic E-state index is 12.0. The van der Waals surface area contributed by atoms with Gasteiger partial charge >= 0.3 is 5.97 Å². The minimum absolute atomic E-state index is 0.112. The summed E-state index contributed by atoms with van der Waals surface area (Å²) in [5.74, 6) is -1.58. The first kappa shape index (κ1) is 16.2. The van der Waals surface area contributed by atoms with Gasteiger partial charge in [0.25, 0.3) is 5.91 Å². The molecule has 0 spiro atoms. The SMILES string of the molecule is CC1CN(c2ccnc(C(=O)N[C@H](C)C(=O)O)c2)CC(C)O1. The first-order valence-electron chi connectivity index (χ1n) is 7.27. The number of rotatable bonds is 4. The molecule has 1 saturated heterocycles. The van der Waals surface area contributed by atoms with Crippen LogP contribution in [0.5, 0.6) is 0 Å². The van der Waals surface area contributed by atoms with Crippen LogP contribution >= 0.6 is 0 Å². The van der Waals surface area contributed by atoms with Crippen LogP contribution in [0.3, 0.4) is 0 Å². The smallest absolute Gasteiger partial charge is 0.325 e. The van der Waals surface area contributed by atoms with E-state index >= 15 is 0 Å². The zero-order valence-corrected chi connectivity index (χ0v) is 12.9. The molecule has 0 aromatic carbocycles. The summed E-state index contributed by atoms with van der Waals surface area (Å²) in [5, 5.41) is 11.2. The maximum absolute atomic E-state index is 12.0. The van der Waals surface area contributed by atoms with Gasteiger partial charge in [-0.15, -0.1) is 0 Å². The lowest BCUT2D eigenvalue weighted by Crippen LogP contribution is -2.45. The van der Waals surface area contributed by atoms with Crippen LogP contribution in [0.1, 0.15) is 31.3 Å². The van der Waals surface area contributed by atoms with E-state index in [1.165, 1.54) is 6.92 Å². The number of ether oxygens (including phenoxy) is 1. The minimum atomic E-state index is -1.08. The number of carbonyl (C=O) groups is 2. The highest BCUT2D eigenvalue weighted by Gasteiger charge is 2.23. The Kier molecular flexibility index (Phi) is 4.97. The van der Waals surface area contributed by atoms with E-state index in [0.29, 0.717) is 0 Å². The third-order valence-corrected chi connectivity index (χ3v) is 3.48. The van der Waals surface area contributed by atoms with Crippen LogP contribution in [-0.2, 0) is 9.53 Å². The van der Waals surface area contributed by atoms with Gasteiger partial charge in [0, 0.05) is 25.0 Å². The lowest BCUT2D eigenvalue weighted by atomic mass is 10.2. The first-order valence-corrected chi connectivity index (χ1v) is 7.27. The number of carbonyl (C=O) groups excluding carboxylic acids is 1. The number of aliphatic carboxylic acids is 1. The van der Waals surface area contributed by atoms with Crippen LogP contribution in [0.15, 0.2) is 18.3 Å². The Morgan fingerprint density at radius 3 is 2.64 bits per heavy atom. The van der Waals surface area contributed by atoms with E-state index in [9.17, 15) is 9.59 Å². The van der Waals surface area contributed by atoms with Crippen LogP contribution in [0.2, 0.25) is 0 Å². The molecule has 22 heavy (non-hydrogen) atoms. The number of nitrogens with zero attached hydrogens (tertiary/aromatic N) is 2. The monoisotopic (exact) mass is 307 g/mol. The second-order valence-corrected chi connectivity index (χ2v) is 5.59. The summed E-state index contributed by atoms with van der Waals surface area (Å²) >= 11 is 0. The average Bonchev–Trinajstić information content (AvgIpc) is 2.46.